The average Bonchev–Trinajstić information content (AvgIpc) is 2.93. The molecular weight excluding hydrogens is 335 g/mol. The zero-order valence-electron chi connectivity index (χ0n) is 14.8. The van der Waals surface area contributed by atoms with Crippen molar-refractivity contribution in [2.45, 2.75) is 39.5 Å². The summed E-state index contributed by atoms with van der Waals surface area (Å²) in [6.45, 7) is 8.27. The maximum atomic E-state index is 12.4. The molecule has 0 fully saturated rings. The molecule has 0 radical (unpaired) electrons. The van der Waals surface area contributed by atoms with Crippen LogP contribution in [0.25, 0.3) is 16.6 Å². The molecule has 0 aliphatic heterocycles. The lowest BCUT2D eigenvalue weighted by atomic mass is 9.88. The van der Waals surface area contributed by atoms with E-state index in [1.165, 1.54) is 4.68 Å². The van der Waals surface area contributed by atoms with Crippen molar-refractivity contribution in [3.05, 3.63) is 53.6 Å². The van der Waals surface area contributed by atoms with Crippen LogP contribution in [0.5, 0.6) is 0 Å². The van der Waals surface area contributed by atoms with Crippen LogP contribution >= 0.6 is 7.60 Å². The van der Waals surface area contributed by atoms with Crippen molar-refractivity contribution >= 4 is 23.9 Å². The fourth-order valence-corrected chi connectivity index (χ4v) is 4.28. The van der Waals surface area contributed by atoms with Crippen molar-refractivity contribution in [2.24, 2.45) is 0 Å². The summed E-state index contributed by atoms with van der Waals surface area (Å²) >= 11 is 0. The Balaban J connectivity index is 2.49. The first-order chi connectivity index (χ1) is 11.7. The Hall–Kier alpha value is -1.94. The van der Waals surface area contributed by atoms with Crippen LogP contribution in [0.3, 0.4) is 0 Å². The minimum Gasteiger partial charge on any atom is -0.320 e. The monoisotopic (exact) mass is 358 g/mol. The second-order valence-electron chi connectivity index (χ2n) is 6.89. The average molecular weight is 358 g/mol. The number of benzene rings is 2. The number of fused-ring (bicyclic) bond motifs is 1. The van der Waals surface area contributed by atoms with Gasteiger partial charge in [0.1, 0.15) is 0 Å². The van der Waals surface area contributed by atoms with Crippen LogP contribution in [0, 0.1) is 0 Å². The number of nitrogens with zero attached hydrogens (tertiary/aromatic N) is 2. The second kappa shape index (κ2) is 6.41. The molecule has 2 N–H and O–H groups in total. The number of para-hydroxylation sites is 1. The predicted molar refractivity (Wildman–Crippen MR) is 101 cm³/mol. The fraction of sp³-hybridized carbons (Fsp3) is 0.316. The van der Waals surface area contributed by atoms with Crippen LogP contribution in [0.15, 0.2) is 42.5 Å². The topological polar surface area (TPSA) is 75.4 Å². The van der Waals surface area contributed by atoms with Crippen molar-refractivity contribution in [3.63, 3.8) is 0 Å². The highest BCUT2D eigenvalue weighted by Crippen LogP contribution is 2.41. The minimum atomic E-state index is -4.54. The lowest BCUT2D eigenvalue weighted by molar-refractivity contribution is 0.385. The first-order valence-corrected chi connectivity index (χ1v) is 10.00. The Kier molecular flexibility index (Phi) is 4.58. The van der Waals surface area contributed by atoms with Crippen molar-refractivity contribution in [2.75, 3.05) is 0 Å². The van der Waals surface area contributed by atoms with E-state index >= 15 is 0 Å². The Morgan fingerprint density at radius 3 is 2.12 bits per heavy atom. The van der Waals surface area contributed by atoms with Gasteiger partial charge in [-0.1, -0.05) is 52.0 Å². The quantitative estimate of drug-likeness (QED) is 0.689. The van der Waals surface area contributed by atoms with Gasteiger partial charge in [0.25, 0.3) is 0 Å². The minimum absolute atomic E-state index is 0.0279. The van der Waals surface area contributed by atoms with E-state index in [4.69, 9.17) is 0 Å². The van der Waals surface area contributed by atoms with E-state index in [1.807, 2.05) is 44.2 Å². The highest BCUT2D eigenvalue weighted by Gasteiger charge is 2.31. The SMILES string of the molecule is CC(C)c1ccc2nn(-c3ccccc3)c(P(=O)(O)O)c2c1C(C)C. The molecule has 3 rings (SSSR count). The van der Waals surface area contributed by atoms with Gasteiger partial charge in [0.15, 0.2) is 5.44 Å². The summed E-state index contributed by atoms with van der Waals surface area (Å²) in [5, 5.41) is 5.10. The maximum absolute atomic E-state index is 12.4. The van der Waals surface area contributed by atoms with Gasteiger partial charge in [0, 0.05) is 5.39 Å². The highest BCUT2D eigenvalue weighted by atomic mass is 31.2. The molecule has 0 saturated heterocycles. The molecule has 6 heteroatoms. The molecule has 0 amide bonds. The van der Waals surface area contributed by atoms with Gasteiger partial charge in [0.2, 0.25) is 0 Å². The molecule has 1 aromatic heterocycles. The molecule has 0 atom stereocenters. The largest absolute Gasteiger partial charge is 0.375 e. The molecule has 0 aliphatic carbocycles. The number of aromatic nitrogens is 2. The molecule has 5 nitrogen and oxygen atoms in total. The van der Waals surface area contributed by atoms with Crippen molar-refractivity contribution in [3.8, 4) is 5.69 Å². The second-order valence-corrected chi connectivity index (χ2v) is 8.40. The molecule has 25 heavy (non-hydrogen) atoms. The van der Waals surface area contributed by atoms with Gasteiger partial charge in [-0.2, -0.15) is 5.10 Å². The van der Waals surface area contributed by atoms with Crippen LogP contribution < -0.4 is 5.44 Å². The fourth-order valence-electron chi connectivity index (χ4n) is 3.35. The highest BCUT2D eigenvalue weighted by molar-refractivity contribution is 7.60. The molecule has 0 spiro atoms. The van der Waals surface area contributed by atoms with E-state index in [-0.39, 0.29) is 17.3 Å². The van der Waals surface area contributed by atoms with Crippen LogP contribution in [0.4, 0.5) is 0 Å². The van der Waals surface area contributed by atoms with Gasteiger partial charge in [-0.15, -0.1) is 0 Å². The third-order valence-corrected chi connectivity index (χ3v) is 5.33. The summed E-state index contributed by atoms with van der Waals surface area (Å²) in [5.74, 6) is 0.381. The molecule has 0 saturated carbocycles. The summed E-state index contributed by atoms with van der Waals surface area (Å²) < 4.78 is 13.8. The number of rotatable bonds is 4. The Morgan fingerprint density at radius 1 is 0.960 bits per heavy atom. The predicted octanol–water partition coefficient (Wildman–Crippen LogP) is 4.08. The van der Waals surface area contributed by atoms with Crippen molar-refractivity contribution in [1.29, 1.82) is 0 Å². The molecule has 0 unspecified atom stereocenters. The Bertz CT molecular complexity index is 956. The van der Waals surface area contributed by atoms with Gasteiger partial charge in [-0.05, 0) is 41.2 Å². The van der Waals surface area contributed by atoms with Gasteiger partial charge in [-0.3, -0.25) is 4.57 Å². The molecule has 0 aliphatic rings. The standard InChI is InChI=1S/C19H23N2O3P/c1-12(2)15-10-11-16-18(17(15)13(3)4)19(25(22,23)24)21(20-16)14-8-6-5-7-9-14/h5-13H,1-4H3,(H2,22,23,24). The molecule has 132 valence electrons. The van der Waals surface area contributed by atoms with Gasteiger partial charge >= 0.3 is 7.60 Å². The first-order valence-electron chi connectivity index (χ1n) is 8.39. The van der Waals surface area contributed by atoms with E-state index < -0.39 is 7.60 Å². The third kappa shape index (κ3) is 3.15. The molecule has 0 bridgehead atoms. The lowest BCUT2D eigenvalue weighted by Crippen LogP contribution is -2.18. The first kappa shape index (κ1) is 17.9. The molecule has 1 heterocycles. The maximum Gasteiger partial charge on any atom is 0.375 e. The van der Waals surface area contributed by atoms with Crippen molar-refractivity contribution in [1.82, 2.24) is 9.78 Å². The zero-order chi connectivity index (χ0) is 18.4. The third-order valence-electron chi connectivity index (χ3n) is 4.37. The van der Waals surface area contributed by atoms with E-state index in [2.05, 4.69) is 18.9 Å². The van der Waals surface area contributed by atoms with Gasteiger partial charge < -0.3 is 9.79 Å². The van der Waals surface area contributed by atoms with Gasteiger partial charge in [0.05, 0.1) is 11.2 Å². The Labute approximate surface area is 147 Å². The molecule has 2 aromatic carbocycles. The van der Waals surface area contributed by atoms with Crippen LogP contribution in [-0.4, -0.2) is 19.6 Å². The zero-order valence-corrected chi connectivity index (χ0v) is 15.7. The molecule has 3 aromatic rings. The van der Waals surface area contributed by atoms with E-state index in [9.17, 15) is 14.4 Å². The van der Waals surface area contributed by atoms with Crippen molar-refractivity contribution < 1.29 is 14.4 Å². The summed E-state index contributed by atoms with van der Waals surface area (Å²) in [4.78, 5) is 20.2. The van der Waals surface area contributed by atoms with E-state index in [0.717, 1.165) is 11.1 Å². The summed E-state index contributed by atoms with van der Waals surface area (Å²) in [6.07, 6.45) is 0. The normalized spacial score (nSPS) is 12.5. The van der Waals surface area contributed by atoms with Crippen LogP contribution in [0.2, 0.25) is 0 Å². The van der Waals surface area contributed by atoms with Gasteiger partial charge in [-0.25, -0.2) is 4.68 Å². The number of hydrogen-bond donors (Lipinski definition) is 2. The summed E-state index contributed by atoms with van der Waals surface area (Å²) in [6, 6.07) is 13.0. The Morgan fingerprint density at radius 2 is 1.60 bits per heavy atom. The van der Waals surface area contributed by atoms with E-state index in [1.54, 1.807) is 12.1 Å². The summed E-state index contributed by atoms with van der Waals surface area (Å²) in [5.41, 5.74) is 3.28. The lowest BCUT2D eigenvalue weighted by Gasteiger charge is -2.18. The van der Waals surface area contributed by atoms with Crippen LogP contribution in [-0.2, 0) is 4.57 Å². The number of hydrogen-bond acceptors (Lipinski definition) is 2. The molecular formula is C19H23N2O3P. The van der Waals surface area contributed by atoms with Crippen LogP contribution in [0.1, 0.15) is 50.7 Å². The van der Waals surface area contributed by atoms with E-state index in [0.29, 0.717) is 16.6 Å². The smallest absolute Gasteiger partial charge is 0.320 e. The summed E-state index contributed by atoms with van der Waals surface area (Å²) in [7, 11) is -4.54.